The lowest BCUT2D eigenvalue weighted by atomic mass is 9.98. The molecule has 0 atom stereocenters. The van der Waals surface area contributed by atoms with Gasteiger partial charge in [-0.2, -0.15) is 0 Å². The van der Waals surface area contributed by atoms with E-state index < -0.39 is 0 Å². The van der Waals surface area contributed by atoms with Gasteiger partial charge in [-0.25, -0.2) is 0 Å². The van der Waals surface area contributed by atoms with Crippen molar-refractivity contribution in [3.05, 3.63) is 48.2 Å². The molecule has 2 aromatic rings. The van der Waals surface area contributed by atoms with Crippen LogP contribution in [0.5, 0.6) is 5.75 Å². The number of nitrogens with one attached hydrogen (secondary N) is 2. The summed E-state index contributed by atoms with van der Waals surface area (Å²) in [6.45, 7) is 5.16. The first-order valence-corrected chi connectivity index (χ1v) is 9.15. The third kappa shape index (κ3) is 5.26. The topological polar surface area (TPSA) is 72.2 Å². The van der Waals surface area contributed by atoms with Crippen molar-refractivity contribution in [1.29, 1.82) is 0 Å². The summed E-state index contributed by atoms with van der Waals surface area (Å²) in [6, 6.07) is 12.2. The molecule has 0 unspecified atom stereocenters. The van der Waals surface area contributed by atoms with Gasteiger partial charge in [-0.1, -0.05) is 6.07 Å². The number of hydrogen-bond donors (Lipinski definition) is 3. The van der Waals surface area contributed by atoms with Crippen LogP contribution in [0.15, 0.2) is 42.6 Å². The number of rotatable bonds is 8. The predicted octanol–water partition coefficient (Wildman–Crippen LogP) is 2.18. The van der Waals surface area contributed by atoms with Crippen molar-refractivity contribution < 1.29 is 4.74 Å². The van der Waals surface area contributed by atoms with Gasteiger partial charge >= 0.3 is 0 Å². The largest absolute Gasteiger partial charge is 0.492 e. The molecule has 1 aliphatic rings. The lowest BCUT2D eigenvalue weighted by Crippen LogP contribution is -2.33. The monoisotopic (exact) mass is 340 g/mol. The van der Waals surface area contributed by atoms with Gasteiger partial charge in [0.05, 0.1) is 5.69 Å². The molecular weight excluding hydrogens is 312 g/mol. The molecule has 25 heavy (non-hydrogen) atoms. The van der Waals surface area contributed by atoms with Crippen LogP contribution in [-0.2, 0) is 6.54 Å². The van der Waals surface area contributed by atoms with E-state index in [9.17, 15) is 0 Å². The third-order valence-electron chi connectivity index (χ3n) is 4.60. The van der Waals surface area contributed by atoms with Crippen LogP contribution in [0.4, 0.5) is 0 Å². The van der Waals surface area contributed by atoms with E-state index in [0.29, 0.717) is 13.2 Å². The smallest absolute Gasteiger partial charge is 0.123 e. The highest BCUT2D eigenvalue weighted by atomic mass is 16.5. The molecule has 0 spiro atoms. The van der Waals surface area contributed by atoms with E-state index in [1.807, 2.05) is 30.5 Å². The van der Waals surface area contributed by atoms with Crippen molar-refractivity contribution >= 4 is 0 Å². The highest BCUT2D eigenvalue weighted by Crippen LogP contribution is 2.26. The summed E-state index contributed by atoms with van der Waals surface area (Å²) in [4.78, 5) is 4.45. The summed E-state index contributed by atoms with van der Waals surface area (Å²) in [5.41, 5.74) is 8.84. The standard InChI is InChI=1S/C20H28N4O/c21-8-12-25-20-5-4-17(19-3-1-2-9-24-19)13-18(20)15-23-14-16-6-10-22-11-7-16/h1-5,9,13,16,22-23H,6-8,10-12,14-15,21H2. The second-order valence-corrected chi connectivity index (χ2v) is 6.50. The van der Waals surface area contributed by atoms with E-state index >= 15 is 0 Å². The number of nitrogens with two attached hydrogens (primary N) is 1. The van der Waals surface area contributed by atoms with E-state index in [1.165, 1.54) is 12.8 Å². The average molecular weight is 340 g/mol. The van der Waals surface area contributed by atoms with Gasteiger partial charge in [0, 0.05) is 30.4 Å². The van der Waals surface area contributed by atoms with Gasteiger partial charge in [0.15, 0.2) is 0 Å². The zero-order valence-electron chi connectivity index (χ0n) is 14.7. The normalized spacial score (nSPS) is 15.2. The predicted molar refractivity (Wildman–Crippen MR) is 102 cm³/mol. The number of pyridine rings is 1. The first-order valence-electron chi connectivity index (χ1n) is 9.15. The summed E-state index contributed by atoms with van der Waals surface area (Å²) in [5, 5.41) is 7.02. The van der Waals surface area contributed by atoms with Gasteiger partial charge in [-0.15, -0.1) is 0 Å². The van der Waals surface area contributed by atoms with E-state index in [4.69, 9.17) is 10.5 Å². The maximum Gasteiger partial charge on any atom is 0.123 e. The van der Waals surface area contributed by atoms with Gasteiger partial charge in [0.25, 0.3) is 0 Å². The van der Waals surface area contributed by atoms with Crippen LogP contribution < -0.4 is 21.1 Å². The van der Waals surface area contributed by atoms with Crippen LogP contribution in [0.2, 0.25) is 0 Å². The molecule has 1 aliphatic heterocycles. The quantitative estimate of drug-likeness (QED) is 0.687. The Morgan fingerprint density at radius 3 is 2.84 bits per heavy atom. The Hall–Kier alpha value is -1.95. The van der Waals surface area contributed by atoms with Gasteiger partial charge in [-0.3, -0.25) is 4.98 Å². The van der Waals surface area contributed by atoms with E-state index in [0.717, 1.165) is 54.7 Å². The summed E-state index contributed by atoms with van der Waals surface area (Å²) < 4.78 is 5.82. The number of hydrogen-bond acceptors (Lipinski definition) is 5. The van der Waals surface area contributed by atoms with Gasteiger partial charge < -0.3 is 21.1 Å². The molecule has 0 bridgehead atoms. The highest BCUT2D eigenvalue weighted by Gasteiger charge is 2.13. The fourth-order valence-corrected chi connectivity index (χ4v) is 3.22. The molecule has 0 saturated carbocycles. The van der Waals surface area contributed by atoms with Crippen LogP contribution in [0.3, 0.4) is 0 Å². The minimum Gasteiger partial charge on any atom is -0.492 e. The minimum absolute atomic E-state index is 0.518. The van der Waals surface area contributed by atoms with E-state index in [1.54, 1.807) is 0 Å². The first kappa shape index (κ1) is 17.9. The molecule has 0 radical (unpaired) electrons. The Morgan fingerprint density at radius 2 is 2.08 bits per heavy atom. The third-order valence-corrected chi connectivity index (χ3v) is 4.60. The zero-order valence-corrected chi connectivity index (χ0v) is 14.7. The average Bonchev–Trinajstić information content (AvgIpc) is 2.68. The number of aromatic nitrogens is 1. The first-order chi connectivity index (χ1) is 12.4. The van der Waals surface area contributed by atoms with Crippen LogP contribution in [-0.4, -0.2) is 37.8 Å². The molecule has 1 fully saturated rings. The maximum atomic E-state index is 5.82. The minimum atomic E-state index is 0.518. The zero-order chi connectivity index (χ0) is 17.3. The fraction of sp³-hybridized carbons (Fsp3) is 0.450. The Balaban J connectivity index is 1.69. The van der Waals surface area contributed by atoms with Gasteiger partial charge in [-0.05, 0) is 68.7 Å². The van der Waals surface area contributed by atoms with Crippen LogP contribution in [0.1, 0.15) is 18.4 Å². The van der Waals surface area contributed by atoms with Crippen molar-refractivity contribution in [3.63, 3.8) is 0 Å². The lowest BCUT2D eigenvalue weighted by Gasteiger charge is -2.23. The molecule has 4 N–H and O–H groups in total. The van der Waals surface area contributed by atoms with E-state index in [2.05, 4.69) is 27.8 Å². The Labute approximate surface area is 150 Å². The Morgan fingerprint density at radius 1 is 1.20 bits per heavy atom. The summed E-state index contributed by atoms with van der Waals surface area (Å²) in [7, 11) is 0. The molecule has 1 aromatic carbocycles. The van der Waals surface area contributed by atoms with Crippen molar-refractivity contribution in [1.82, 2.24) is 15.6 Å². The van der Waals surface area contributed by atoms with Crippen LogP contribution in [0, 0.1) is 5.92 Å². The van der Waals surface area contributed by atoms with Crippen LogP contribution in [0.25, 0.3) is 11.3 Å². The number of benzene rings is 1. The van der Waals surface area contributed by atoms with Crippen molar-refractivity contribution in [2.45, 2.75) is 19.4 Å². The molecule has 0 aliphatic carbocycles. The molecule has 2 heterocycles. The summed E-state index contributed by atoms with van der Waals surface area (Å²) in [5.74, 6) is 1.66. The molecule has 5 heteroatoms. The SMILES string of the molecule is NCCOc1ccc(-c2ccccn2)cc1CNCC1CCNCC1. The number of ether oxygens (including phenoxy) is 1. The second-order valence-electron chi connectivity index (χ2n) is 6.50. The van der Waals surface area contributed by atoms with Crippen molar-refractivity contribution in [2.24, 2.45) is 11.7 Å². The molecule has 3 rings (SSSR count). The molecule has 134 valence electrons. The number of piperidine rings is 1. The number of nitrogens with zero attached hydrogens (tertiary/aromatic N) is 1. The maximum absolute atomic E-state index is 5.82. The summed E-state index contributed by atoms with van der Waals surface area (Å²) in [6.07, 6.45) is 4.32. The molecule has 0 amide bonds. The van der Waals surface area contributed by atoms with Gasteiger partial charge in [0.2, 0.25) is 0 Å². The Bertz CT molecular complexity index is 641. The molecule has 5 nitrogen and oxygen atoms in total. The summed E-state index contributed by atoms with van der Waals surface area (Å²) >= 11 is 0. The van der Waals surface area contributed by atoms with Gasteiger partial charge in [0.1, 0.15) is 12.4 Å². The Kier molecular flexibility index (Phi) is 6.79. The highest BCUT2D eigenvalue weighted by molar-refractivity contribution is 5.61. The molecule has 1 aromatic heterocycles. The second kappa shape index (κ2) is 9.51. The molecule has 1 saturated heterocycles. The molecular formula is C20H28N4O. The van der Waals surface area contributed by atoms with Crippen molar-refractivity contribution in [3.8, 4) is 17.0 Å². The van der Waals surface area contributed by atoms with Crippen molar-refractivity contribution in [2.75, 3.05) is 32.8 Å². The fourth-order valence-electron chi connectivity index (χ4n) is 3.22. The van der Waals surface area contributed by atoms with Crippen LogP contribution >= 0.6 is 0 Å². The van der Waals surface area contributed by atoms with E-state index in [-0.39, 0.29) is 0 Å². The lowest BCUT2D eigenvalue weighted by molar-refractivity contribution is 0.321.